The van der Waals surface area contributed by atoms with Crippen molar-refractivity contribution in [2.24, 2.45) is 0 Å². The van der Waals surface area contributed by atoms with Crippen molar-refractivity contribution in [1.29, 1.82) is 0 Å². The van der Waals surface area contributed by atoms with Crippen LogP contribution in [0.5, 0.6) is 0 Å². The van der Waals surface area contributed by atoms with Crippen molar-refractivity contribution in [3.8, 4) is 0 Å². The zero-order valence-corrected chi connectivity index (χ0v) is 16.5. The molecule has 0 aromatic heterocycles. The Kier molecular flexibility index (Phi) is 7.75. The molecule has 4 N–H and O–H groups in total. The van der Waals surface area contributed by atoms with Crippen molar-refractivity contribution >= 4 is 17.6 Å². The highest BCUT2D eigenvalue weighted by atomic mass is 19.1. The Balaban J connectivity index is 1.44. The monoisotopic (exact) mass is 415 g/mol. The number of hydrogen-bond donors (Lipinski definition) is 4. The molecule has 3 rings (SSSR count). The highest BCUT2D eigenvalue weighted by Gasteiger charge is 2.32. The number of carbonyl (C=O) groups is 2. The van der Waals surface area contributed by atoms with Gasteiger partial charge in [0.1, 0.15) is 11.9 Å². The second-order valence-corrected chi connectivity index (χ2v) is 7.24. The van der Waals surface area contributed by atoms with E-state index < -0.39 is 6.10 Å². The van der Waals surface area contributed by atoms with Crippen molar-refractivity contribution in [3.63, 3.8) is 0 Å². The minimum atomic E-state index is -0.596. The van der Waals surface area contributed by atoms with Crippen LogP contribution < -0.4 is 16.0 Å². The Morgan fingerprint density at radius 1 is 1.10 bits per heavy atom. The quantitative estimate of drug-likeness (QED) is 0.558. The molecule has 0 saturated carbocycles. The molecule has 0 radical (unpaired) electrons. The summed E-state index contributed by atoms with van der Waals surface area (Å²) >= 11 is 0. The van der Waals surface area contributed by atoms with Gasteiger partial charge >= 0.3 is 6.03 Å². The van der Waals surface area contributed by atoms with Gasteiger partial charge in [-0.05, 0) is 42.7 Å². The Bertz CT molecular complexity index is 849. The second-order valence-electron chi connectivity index (χ2n) is 7.24. The summed E-state index contributed by atoms with van der Waals surface area (Å²) < 4.78 is 19.0. The minimum Gasteiger partial charge on any atom is -0.394 e. The lowest BCUT2D eigenvalue weighted by Crippen LogP contribution is -2.52. The van der Waals surface area contributed by atoms with Gasteiger partial charge in [-0.3, -0.25) is 4.79 Å². The first-order chi connectivity index (χ1) is 14.5. The first kappa shape index (κ1) is 21.7. The Morgan fingerprint density at radius 3 is 2.63 bits per heavy atom. The third-order valence-electron chi connectivity index (χ3n) is 4.94. The number of carbonyl (C=O) groups excluding carboxylic acids is 2. The van der Waals surface area contributed by atoms with Crippen LogP contribution in [-0.2, 0) is 16.1 Å². The number of aliphatic hydroxyl groups excluding tert-OH is 1. The summed E-state index contributed by atoms with van der Waals surface area (Å²) in [5, 5.41) is 18.0. The van der Waals surface area contributed by atoms with E-state index in [1.165, 1.54) is 12.1 Å². The first-order valence-corrected chi connectivity index (χ1v) is 9.93. The highest BCUT2D eigenvalue weighted by Crippen LogP contribution is 2.22. The zero-order valence-electron chi connectivity index (χ0n) is 16.5. The molecule has 0 unspecified atom stereocenters. The fourth-order valence-electron chi connectivity index (χ4n) is 3.43. The number of halogens is 1. The maximum absolute atomic E-state index is 13.2. The van der Waals surface area contributed by atoms with E-state index >= 15 is 0 Å². The molecule has 1 aliphatic rings. The summed E-state index contributed by atoms with van der Waals surface area (Å²) in [6.07, 6.45) is 0.329. The average molecular weight is 415 g/mol. The van der Waals surface area contributed by atoms with E-state index in [1.807, 2.05) is 18.2 Å². The molecular weight excluding hydrogens is 389 g/mol. The number of urea groups is 1. The van der Waals surface area contributed by atoms with E-state index in [0.717, 1.165) is 0 Å². The molecule has 1 fully saturated rings. The number of para-hydroxylation sites is 1. The summed E-state index contributed by atoms with van der Waals surface area (Å²) in [6, 6.07) is 14.4. The van der Waals surface area contributed by atoms with Crippen LogP contribution in [0.15, 0.2) is 54.6 Å². The predicted molar refractivity (Wildman–Crippen MR) is 110 cm³/mol. The zero-order chi connectivity index (χ0) is 21.3. The van der Waals surface area contributed by atoms with Crippen LogP contribution in [0, 0.1) is 5.82 Å². The third kappa shape index (κ3) is 6.53. The normalized spacial score (nSPS) is 20.9. The van der Waals surface area contributed by atoms with Gasteiger partial charge in [-0.25, -0.2) is 9.18 Å². The fraction of sp³-hybridized carbons (Fsp3) is 0.364. The maximum Gasteiger partial charge on any atom is 0.319 e. The van der Waals surface area contributed by atoms with Crippen LogP contribution >= 0.6 is 0 Å². The van der Waals surface area contributed by atoms with Crippen LogP contribution in [0.3, 0.4) is 0 Å². The topological polar surface area (TPSA) is 99.7 Å². The summed E-state index contributed by atoms with van der Waals surface area (Å²) in [5.41, 5.74) is 1.34. The van der Waals surface area contributed by atoms with E-state index in [0.29, 0.717) is 24.1 Å². The van der Waals surface area contributed by atoms with Gasteiger partial charge < -0.3 is 25.8 Å². The third-order valence-corrected chi connectivity index (χ3v) is 4.94. The number of hydrogen-bond acceptors (Lipinski definition) is 4. The number of anilines is 1. The molecule has 7 nitrogen and oxygen atoms in total. The van der Waals surface area contributed by atoms with E-state index in [2.05, 4.69) is 16.0 Å². The molecule has 1 heterocycles. The molecule has 30 heavy (non-hydrogen) atoms. The number of ether oxygens (including phenoxy) is 1. The lowest BCUT2D eigenvalue weighted by atomic mass is 9.97. The molecule has 2 aromatic carbocycles. The van der Waals surface area contributed by atoms with Gasteiger partial charge in [0.2, 0.25) is 5.91 Å². The second kappa shape index (κ2) is 10.7. The van der Waals surface area contributed by atoms with Crippen LogP contribution in [0.1, 0.15) is 24.8 Å². The predicted octanol–water partition coefficient (Wildman–Crippen LogP) is 2.56. The molecule has 0 spiro atoms. The van der Waals surface area contributed by atoms with Gasteiger partial charge in [-0.15, -0.1) is 0 Å². The lowest BCUT2D eigenvalue weighted by Gasteiger charge is -2.35. The molecule has 2 aromatic rings. The largest absolute Gasteiger partial charge is 0.394 e. The fourth-order valence-corrected chi connectivity index (χ4v) is 3.43. The van der Waals surface area contributed by atoms with Crippen LogP contribution in [0.2, 0.25) is 0 Å². The number of aliphatic hydroxyl groups is 1. The average Bonchev–Trinajstić information content (AvgIpc) is 2.74. The van der Waals surface area contributed by atoms with Gasteiger partial charge in [0.15, 0.2) is 0 Å². The summed E-state index contributed by atoms with van der Waals surface area (Å²) in [5.74, 6) is -0.563. The van der Waals surface area contributed by atoms with Gasteiger partial charge in [-0.2, -0.15) is 0 Å². The summed E-state index contributed by atoms with van der Waals surface area (Å²) in [4.78, 5) is 24.4. The van der Waals surface area contributed by atoms with E-state index in [-0.39, 0.29) is 49.5 Å². The van der Waals surface area contributed by atoms with Gasteiger partial charge in [-0.1, -0.05) is 30.3 Å². The Morgan fingerprint density at radius 2 is 1.90 bits per heavy atom. The number of rotatable bonds is 7. The van der Waals surface area contributed by atoms with Gasteiger partial charge in [0.05, 0.1) is 25.2 Å². The van der Waals surface area contributed by atoms with E-state index in [4.69, 9.17) is 4.74 Å². The maximum atomic E-state index is 13.2. The van der Waals surface area contributed by atoms with Crippen molar-refractivity contribution in [1.82, 2.24) is 10.6 Å². The van der Waals surface area contributed by atoms with Crippen molar-refractivity contribution < 1.29 is 23.8 Å². The molecule has 1 saturated heterocycles. The highest BCUT2D eigenvalue weighted by molar-refractivity contribution is 5.89. The lowest BCUT2D eigenvalue weighted by molar-refractivity contribution is -0.130. The molecule has 1 aliphatic heterocycles. The SMILES string of the molecule is O=C(C[C@H]1CC[C@H](NC(=O)Nc2ccccc2)[C@@H](CO)O1)NCc1cccc(F)c1. The summed E-state index contributed by atoms with van der Waals surface area (Å²) in [6.45, 7) is -0.0335. The summed E-state index contributed by atoms with van der Waals surface area (Å²) in [7, 11) is 0. The Labute approximate surface area is 174 Å². The molecule has 0 bridgehead atoms. The number of benzene rings is 2. The molecule has 8 heteroatoms. The van der Waals surface area contributed by atoms with Crippen molar-refractivity contribution in [2.45, 2.75) is 44.1 Å². The first-order valence-electron chi connectivity index (χ1n) is 9.93. The molecular formula is C22H26FN3O4. The van der Waals surface area contributed by atoms with Crippen LogP contribution in [0.25, 0.3) is 0 Å². The van der Waals surface area contributed by atoms with Crippen molar-refractivity contribution in [2.75, 3.05) is 11.9 Å². The Hall–Kier alpha value is -2.97. The molecule has 0 aliphatic carbocycles. The van der Waals surface area contributed by atoms with E-state index in [1.54, 1.807) is 24.3 Å². The molecule has 3 atom stereocenters. The van der Waals surface area contributed by atoms with E-state index in [9.17, 15) is 19.1 Å². The van der Waals surface area contributed by atoms with Crippen LogP contribution in [0.4, 0.5) is 14.9 Å². The molecule has 160 valence electrons. The smallest absolute Gasteiger partial charge is 0.319 e. The number of nitrogens with one attached hydrogen (secondary N) is 3. The van der Waals surface area contributed by atoms with Crippen molar-refractivity contribution in [3.05, 3.63) is 66.0 Å². The van der Waals surface area contributed by atoms with Gasteiger partial charge in [0, 0.05) is 12.2 Å². The standard InChI is InChI=1S/C22H26FN3O4/c23-16-6-4-5-15(11-16)13-24-21(28)12-18-9-10-19(20(14-27)30-18)26-22(29)25-17-7-2-1-3-8-17/h1-8,11,18-20,27H,9-10,12-14H2,(H,24,28)(H2,25,26,29)/t18-,19+,20-/m1/s1. The van der Waals surface area contributed by atoms with Crippen LogP contribution in [-0.4, -0.2) is 41.9 Å². The number of amides is 3. The van der Waals surface area contributed by atoms with Gasteiger partial charge in [0.25, 0.3) is 0 Å². The molecule has 3 amide bonds. The minimum absolute atomic E-state index is 0.134.